The standard InChI is InChI=1S/C26H38N6O11S2/c1-24(2,3)41-21(36)26(7,8)43-30-17(14-13-44-22(27-14)29-23(37)42-25(4,5)6)19(34)28-18-15(12-31-11-9-10-16(31)33)32(20(18)35)45(38,39)40/h13,15,18H,9-12H2,1-8H3,(H,28,34)(H,27,29,37)(H,38,39,40)/b30-17+/t15-,18+/m1/s1. The Kier molecular flexibility index (Phi) is 10.2. The van der Waals surface area contributed by atoms with Crippen molar-refractivity contribution in [1.82, 2.24) is 19.5 Å². The molecule has 0 bridgehead atoms. The van der Waals surface area contributed by atoms with Gasteiger partial charge in [-0.2, -0.15) is 8.42 Å². The van der Waals surface area contributed by atoms with Crippen LogP contribution < -0.4 is 10.6 Å². The third-order valence-corrected chi connectivity index (χ3v) is 7.81. The van der Waals surface area contributed by atoms with Crippen LogP contribution in [0.1, 0.15) is 73.9 Å². The molecule has 2 aliphatic heterocycles. The molecule has 19 heteroatoms. The number of hydrogen-bond acceptors (Lipinski definition) is 13. The minimum atomic E-state index is -5.01. The largest absolute Gasteiger partial charge is 0.457 e. The number of rotatable bonds is 10. The molecule has 0 aliphatic carbocycles. The smallest absolute Gasteiger partial charge is 0.413 e. The first-order chi connectivity index (χ1) is 20.5. The molecule has 3 heterocycles. The van der Waals surface area contributed by atoms with E-state index in [0.29, 0.717) is 13.0 Å². The van der Waals surface area contributed by atoms with Crippen LogP contribution in [0.3, 0.4) is 0 Å². The maximum Gasteiger partial charge on any atom is 0.413 e. The van der Waals surface area contributed by atoms with E-state index < -0.39 is 68.8 Å². The van der Waals surface area contributed by atoms with Gasteiger partial charge in [0.1, 0.15) is 22.9 Å². The van der Waals surface area contributed by atoms with E-state index >= 15 is 0 Å². The molecule has 4 amide bonds. The van der Waals surface area contributed by atoms with Crippen molar-refractivity contribution in [2.24, 2.45) is 5.16 Å². The number of oxime groups is 1. The zero-order valence-electron chi connectivity index (χ0n) is 26.2. The summed E-state index contributed by atoms with van der Waals surface area (Å²) in [6, 6.07) is -2.81. The van der Waals surface area contributed by atoms with E-state index in [-0.39, 0.29) is 34.0 Å². The molecule has 250 valence electrons. The predicted molar refractivity (Wildman–Crippen MR) is 159 cm³/mol. The van der Waals surface area contributed by atoms with E-state index in [9.17, 15) is 36.9 Å². The zero-order chi connectivity index (χ0) is 34.1. The molecule has 3 N–H and O–H groups in total. The van der Waals surface area contributed by atoms with Crippen molar-refractivity contribution in [3.63, 3.8) is 0 Å². The number of carbonyl (C=O) groups is 5. The Labute approximate surface area is 264 Å². The van der Waals surface area contributed by atoms with Gasteiger partial charge < -0.3 is 24.5 Å². The molecule has 0 aromatic carbocycles. The second-order valence-electron chi connectivity index (χ2n) is 12.8. The van der Waals surface area contributed by atoms with Gasteiger partial charge in [-0.25, -0.2) is 18.9 Å². The highest BCUT2D eigenvalue weighted by atomic mass is 32.2. The Morgan fingerprint density at radius 3 is 2.24 bits per heavy atom. The van der Waals surface area contributed by atoms with Crippen LogP contribution >= 0.6 is 11.3 Å². The lowest BCUT2D eigenvalue weighted by Crippen LogP contribution is -2.74. The number of nitrogens with zero attached hydrogens (tertiary/aromatic N) is 4. The fourth-order valence-electron chi connectivity index (χ4n) is 4.11. The van der Waals surface area contributed by atoms with E-state index in [4.69, 9.17) is 14.3 Å². The van der Waals surface area contributed by atoms with Gasteiger partial charge in [0.2, 0.25) is 11.5 Å². The lowest BCUT2D eigenvalue weighted by atomic mass is 9.97. The number of nitrogens with one attached hydrogen (secondary N) is 2. The van der Waals surface area contributed by atoms with E-state index in [1.54, 1.807) is 41.5 Å². The zero-order valence-corrected chi connectivity index (χ0v) is 27.8. The molecular weight excluding hydrogens is 636 g/mol. The Hall–Kier alpha value is -3.84. The van der Waals surface area contributed by atoms with E-state index in [2.05, 4.69) is 20.8 Å². The van der Waals surface area contributed by atoms with Crippen LogP contribution in [0.2, 0.25) is 0 Å². The Morgan fingerprint density at radius 1 is 1.09 bits per heavy atom. The SMILES string of the molecule is CC(C)(C)OC(=O)Nc1nc(/C(=N\OC(C)(C)C(=O)OC(C)(C)C)C(=O)N[C@@H]2C(=O)N(S(=O)(=O)O)[C@@H]2CN2CCCC2=O)cs1. The van der Waals surface area contributed by atoms with Crippen LogP contribution in [0.4, 0.5) is 9.93 Å². The molecular formula is C26H38N6O11S2. The minimum absolute atomic E-state index is 0.00819. The van der Waals surface area contributed by atoms with Crippen LogP contribution in [0.5, 0.6) is 0 Å². The van der Waals surface area contributed by atoms with Crippen molar-refractivity contribution in [2.45, 2.75) is 97.1 Å². The normalized spacial score (nSPS) is 19.6. The second kappa shape index (κ2) is 12.9. The molecule has 2 fully saturated rings. The molecule has 2 atom stereocenters. The van der Waals surface area contributed by atoms with Gasteiger partial charge in [-0.15, -0.1) is 11.3 Å². The number of esters is 1. The predicted octanol–water partition coefficient (Wildman–Crippen LogP) is 1.45. The summed E-state index contributed by atoms with van der Waals surface area (Å²) in [5.74, 6) is -3.31. The molecule has 0 saturated carbocycles. The van der Waals surface area contributed by atoms with Crippen LogP contribution in [-0.2, 0) is 43.8 Å². The Bertz CT molecular complexity index is 1490. The number of aromatic nitrogens is 1. The van der Waals surface area contributed by atoms with Crippen molar-refractivity contribution >= 4 is 62.3 Å². The maximum absolute atomic E-state index is 13.6. The van der Waals surface area contributed by atoms with Gasteiger partial charge in [-0.3, -0.25) is 24.3 Å². The first-order valence-electron chi connectivity index (χ1n) is 13.8. The summed E-state index contributed by atoms with van der Waals surface area (Å²) in [4.78, 5) is 74.5. The molecule has 1 aromatic heterocycles. The number of thiazole rings is 1. The van der Waals surface area contributed by atoms with Crippen molar-refractivity contribution in [3.05, 3.63) is 11.1 Å². The molecule has 2 saturated heterocycles. The molecule has 1 aromatic rings. The van der Waals surface area contributed by atoms with E-state index in [1.165, 1.54) is 24.1 Å². The quantitative estimate of drug-likeness (QED) is 0.105. The molecule has 0 spiro atoms. The average molecular weight is 675 g/mol. The summed E-state index contributed by atoms with van der Waals surface area (Å²) in [5.41, 5.74) is -4.07. The number of carbonyl (C=O) groups excluding carboxylic acids is 5. The Morgan fingerprint density at radius 2 is 1.71 bits per heavy atom. The van der Waals surface area contributed by atoms with Crippen LogP contribution in [0.25, 0.3) is 0 Å². The summed E-state index contributed by atoms with van der Waals surface area (Å²) in [6.07, 6.45) is -0.0689. The summed E-state index contributed by atoms with van der Waals surface area (Å²) >= 11 is 0.899. The number of β-lactam (4-membered cyclic amide) rings is 1. The monoisotopic (exact) mass is 674 g/mol. The third-order valence-electron chi connectivity index (χ3n) is 6.11. The minimum Gasteiger partial charge on any atom is -0.457 e. The van der Waals surface area contributed by atoms with Gasteiger partial charge in [0.15, 0.2) is 10.8 Å². The van der Waals surface area contributed by atoms with Gasteiger partial charge >= 0.3 is 22.4 Å². The van der Waals surface area contributed by atoms with E-state index in [1.807, 2.05) is 0 Å². The van der Waals surface area contributed by atoms with E-state index in [0.717, 1.165) is 11.3 Å². The second-order valence-corrected chi connectivity index (χ2v) is 14.9. The highest BCUT2D eigenvalue weighted by Gasteiger charge is 2.55. The van der Waals surface area contributed by atoms with Crippen LogP contribution in [-0.4, -0.2) is 105 Å². The first kappa shape index (κ1) is 35.6. The van der Waals surface area contributed by atoms with Gasteiger partial charge in [-0.1, -0.05) is 5.16 Å². The molecule has 45 heavy (non-hydrogen) atoms. The van der Waals surface area contributed by atoms with Gasteiger partial charge in [-0.05, 0) is 61.8 Å². The van der Waals surface area contributed by atoms with Crippen molar-refractivity contribution in [3.8, 4) is 0 Å². The lowest BCUT2D eigenvalue weighted by molar-refractivity contribution is -0.179. The number of hydrogen-bond donors (Lipinski definition) is 3. The summed E-state index contributed by atoms with van der Waals surface area (Å²) in [5, 5.41) is 10.0. The summed E-state index contributed by atoms with van der Waals surface area (Å²) in [6.45, 7) is 12.7. The summed E-state index contributed by atoms with van der Waals surface area (Å²) < 4.78 is 44.2. The fraction of sp³-hybridized carbons (Fsp3) is 0.654. The van der Waals surface area contributed by atoms with Crippen molar-refractivity contribution < 1.29 is 51.3 Å². The fourth-order valence-corrected chi connectivity index (χ4v) is 5.66. The number of ether oxygens (including phenoxy) is 2. The van der Waals surface area contributed by atoms with Crippen LogP contribution in [0.15, 0.2) is 10.5 Å². The Balaban J connectivity index is 1.92. The number of likely N-dealkylation sites (tertiary alicyclic amines) is 1. The van der Waals surface area contributed by atoms with Gasteiger partial charge in [0.25, 0.3) is 11.8 Å². The maximum atomic E-state index is 13.6. The van der Waals surface area contributed by atoms with Crippen LogP contribution in [0, 0.1) is 0 Å². The third kappa shape index (κ3) is 9.33. The first-order valence-corrected chi connectivity index (χ1v) is 16.1. The van der Waals surface area contributed by atoms with Crippen molar-refractivity contribution in [1.29, 1.82) is 0 Å². The lowest BCUT2D eigenvalue weighted by Gasteiger charge is -2.45. The molecule has 2 aliphatic rings. The number of amides is 4. The molecule has 0 radical (unpaired) electrons. The van der Waals surface area contributed by atoms with Crippen molar-refractivity contribution in [2.75, 3.05) is 18.4 Å². The molecule has 0 unspecified atom stereocenters. The average Bonchev–Trinajstić information content (AvgIpc) is 3.47. The number of anilines is 1. The molecule has 3 rings (SSSR count). The summed E-state index contributed by atoms with van der Waals surface area (Å²) in [7, 11) is -5.01. The van der Waals surface area contributed by atoms with Gasteiger partial charge in [0, 0.05) is 24.9 Å². The topological polar surface area (TPSA) is 223 Å². The highest BCUT2D eigenvalue weighted by molar-refractivity contribution is 7.84. The highest BCUT2D eigenvalue weighted by Crippen LogP contribution is 2.27. The van der Waals surface area contributed by atoms with Gasteiger partial charge in [0.05, 0.1) is 6.04 Å². The molecule has 17 nitrogen and oxygen atoms in total.